The van der Waals surface area contributed by atoms with Gasteiger partial charge in [0, 0.05) is 6.04 Å². The van der Waals surface area contributed by atoms with Crippen LogP contribution in [0.25, 0.3) is 0 Å². The largest absolute Gasteiger partial charge is 0.319 e. The van der Waals surface area contributed by atoms with Gasteiger partial charge in [0.25, 0.3) is 0 Å². The van der Waals surface area contributed by atoms with Crippen molar-refractivity contribution in [1.29, 1.82) is 0 Å². The molecule has 0 amide bonds. The van der Waals surface area contributed by atoms with E-state index >= 15 is 0 Å². The van der Waals surface area contributed by atoms with Gasteiger partial charge in [-0.15, -0.1) is 0 Å². The quantitative estimate of drug-likeness (QED) is 0.496. The van der Waals surface area contributed by atoms with Crippen molar-refractivity contribution in [3.63, 3.8) is 0 Å². The normalized spacial score (nSPS) is 14.6. The van der Waals surface area contributed by atoms with Crippen LogP contribution in [0.3, 0.4) is 0 Å². The summed E-state index contributed by atoms with van der Waals surface area (Å²) < 4.78 is 48.5. The van der Waals surface area contributed by atoms with Crippen molar-refractivity contribution >= 4 is 0 Å². The number of unbranched alkanes of at least 4 members (excludes halogenated alkanes) is 2. The van der Waals surface area contributed by atoms with Crippen LogP contribution in [0.2, 0.25) is 0 Å². The summed E-state index contributed by atoms with van der Waals surface area (Å²) in [6.07, 6.45) is 0.183. The lowest BCUT2D eigenvalue weighted by Crippen LogP contribution is -2.42. The molecule has 0 aliphatic carbocycles. The molecular formula is C10H19F4N. The topological polar surface area (TPSA) is 12.0 Å². The predicted molar refractivity (Wildman–Crippen MR) is 52.6 cm³/mol. The molecule has 0 aromatic rings. The van der Waals surface area contributed by atoms with Gasteiger partial charge >= 0.3 is 12.3 Å². The molecule has 5 heteroatoms. The standard InChI is InChI=1S/C10H19F4N/c1-3-4-5-6-8(2)15-7-10(13,14)9(11)12/h8-9,15H,3-7H2,1-2H3. The van der Waals surface area contributed by atoms with Crippen LogP contribution in [0.1, 0.15) is 39.5 Å². The third kappa shape index (κ3) is 6.71. The van der Waals surface area contributed by atoms with Gasteiger partial charge in [-0.3, -0.25) is 0 Å². The van der Waals surface area contributed by atoms with Gasteiger partial charge < -0.3 is 5.32 Å². The average molecular weight is 229 g/mol. The summed E-state index contributed by atoms with van der Waals surface area (Å²) in [6, 6.07) is -0.138. The van der Waals surface area contributed by atoms with E-state index in [1.165, 1.54) is 0 Å². The summed E-state index contributed by atoms with van der Waals surface area (Å²) in [5, 5.41) is 2.43. The lowest BCUT2D eigenvalue weighted by molar-refractivity contribution is -0.126. The van der Waals surface area contributed by atoms with Crippen molar-refractivity contribution in [3.05, 3.63) is 0 Å². The van der Waals surface area contributed by atoms with Gasteiger partial charge in [-0.1, -0.05) is 26.2 Å². The maximum atomic E-state index is 12.5. The van der Waals surface area contributed by atoms with Gasteiger partial charge in [-0.2, -0.15) is 8.78 Å². The van der Waals surface area contributed by atoms with Crippen LogP contribution < -0.4 is 5.32 Å². The first-order valence-corrected chi connectivity index (χ1v) is 5.29. The van der Waals surface area contributed by atoms with Gasteiger partial charge in [0.15, 0.2) is 0 Å². The Morgan fingerprint density at radius 3 is 2.27 bits per heavy atom. The van der Waals surface area contributed by atoms with E-state index in [1.807, 2.05) is 6.92 Å². The minimum absolute atomic E-state index is 0.138. The van der Waals surface area contributed by atoms with E-state index in [4.69, 9.17) is 0 Å². The minimum atomic E-state index is -3.92. The molecular weight excluding hydrogens is 210 g/mol. The second-order valence-electron chi connectivity index (χ2n) is 3.84. The molecule has 0 heterocycles. The van der Waals surface area contributed by atoms with Crippen molar-refractivity contribution in [2.24, 2.45) is 0 Å². The first-order valence-electron chi connectivity index (χ1n) is 5.29. The van der Waals surface area contributed by atoms with E-state index < -0.39 is 18.9 Å². The molecule has 1 N–H and O–H groups in total. The molecule has 0 radical (unpaired) electrons. The lowest BCUT2D eigenvalue weighted by Gasteiger charge is -2.19. The number of rotatable bonds is 8. The number of hydrogen-bond donors (Lipinski definition) is 1. The number of nitrogens with one attached hydrogen (secondary N) is 1. The zero-order valence-electron chi connectivity index (χ0n) is 9.20. The number of hydrogen-bond acceptors (Lipinski definition) is 1. The highest BCUT2D eigenvalue weighted by molar-refractivity contribution is 4.74. The fourth-order valence-corrected chi connectivity index (χ4v) is 1.19. The Labute approximate surface area is 88.2 Å². The molecule has 0 aliphatic heterocycles. The van der Waals surface area contributed by atoms with Crippen LogP contribution in [-0.4, -0.2) is 24.9 Å². The highest BCUT2D eigenvalue weighted by Gasteiger charge is 2.40. The molecule has 92 valence electrons. The third-order valence-corrected chi connectivity index (χ3v) is 2.25. The van der Waals surface area contributed by atoms with Crippen molar-refractivity contribution < 1.29 is 17.6 Å². The van der Waals surface area contributed by atoms with Crippen LogP contribution in [0.4, 0.5) is 17.6 Å². The van der Waals surface area contributed by atoms with Crippen molar-refractivity contribution in [2.45, 2.75) is 57.9 Å². The maximum Gasteiger partial charge on any atom is 0.319 e. The summed E-state index contributed by atoms with van der Waals surface area (Å²) in [4.78, 5) is 0. The summed E-state index contributed by atoms with van der Waals surface area (Å²) >= 11 is 0. The Bertz CT molecular complexity index is 162. The summed E-state index contributed by atoms with van der Waals surface area (Å²) in [5.74, 6) is -3.92. The molecule has 0 aromatic heterocycles. The van der Waals surface area contributed by atoms with Crippen LogP contribution in [0.15, 0.2) is 0 Å². The molecule has 0 aliphatic rings. The second-order valence-corrected chi connectivity index (χ2v) is 3.84. The summed E-state index contributed by atoms with van der Waals surface area (Å²) in [6.45, 7) is 2.83. The Balaban J connectivity index is 3.65. The van der Waals surface area contributed by atoms with Gasteiger partial charge in [-0.05, 0) is 13.3 Å². The minimum Gasteiger partial charge on any atom is -0.308 e. The fraction of sp³-hybridized carbons (Fsp3) is 1.00. The van der Waals surface area contributed by atoms with E-state index in [0.717, 1.165) is 25.7 Å². The third-order valence-electron chi connectivity index (χ3n) is 2.25. The second kappa shape index (κ2) is 7.04. The first-order chi connectivity index (χ1) is 6.90. The Kier molecular flexibility index (Phi) is 6.89. The SMILES string of the molecule is CCCCCC(C)NCC(F)(F)C(F)F. The van der Waals surface area contributed by atoms with Crippen LogP contribution in [0.5, 0.6) is 0 Å². The fourth-order valence-electron chi connectivity index (χ4n) is 1.19. The van der Waals surface area contributed by atoms with Gasteiger partial charge in [0.1, 0.15) is 0 Å². The molecule has 0 saturated carbocycles. The molecule has 0 aromatic carbocycles. The molecule has 1 unspecified atom stereocenters. The first kappa shape index (κ1) is 14.7. The summed E-state index contributed by atoms with van der Waals surface area (Å²) in [5.41, 5.74) is 0. The highest BCUT2D eigenvalue weighted by Crippen LogP contribution is 2.21. The molecule has 0 saturated heterocycles. The van der Waals surface area contributed by atoms with Gasteiger partial charge in [-0.25, -0.2) is 8.78 Å². The van der Waals surface area contributed by atoms with Crippen LogP contribution >= 0.6 is 0 Å². The molecule has 1 atom stereocenters. The van der Waals surface area contributed by atoms with Crippen LogP contribution in [-0.2, 0) is 0 Å². The Hall–Kier alpha value is -0.320. The van der Waals surface area contributed by atoms with E-state index in [0.29, 0.717) is 0 Å². The molecule has 15 heavy (non-hydrogen) atoms. The van der Waals surface area contributed by atoms with E-state index in [1.54, 1.807) is 6.92 Å². The average Bonchev–Trinajstić information content (AvgIpc) is 2.15. The maximum absolute atomic E-state index is 12.5. The highest BCUT2D eigenvalue weighted by atomic mass is 19.3. The smallest absolute Gasteiger partial charge is 0.308 e. The monoisotopic (exact) mass is 229 g/mol. The number of halogens is 4. The summed E-state index contributed by atoms with van der Waals surface area (Å²) in [7, 11) is 0. The van der Waals surface area contributed by atoms with Crippen molar-refractivity contribution in [3.8, 4) is 0 Å². The van der Waals surface area contributed by atoms with Gasteiger partial charge in [0.2, 0.25) is 0 Å². The molecule has 0 rings (SSSR count). The van der Waals surface area contributed by atoms with Crippen molar-refractivity contribution in [2.75, 3.05) is 6.54 Å². The van der Waals surface area contributed by atoms with Gasteiger partial charge in [0.05, 0.1) is 6.54 Å². The van der Waals surface area contributed by atoms with E-state index in [-0.39, 0.29) is 6.04 Å². The predicted octanol–water partition coefficient (Wildman–Crippen LogP) is 3.45. The molecule has 0 spiro atoms. The van der Waals surface area contributed by atoms with Crippen LogP contribution in [0, 0.1) is 0 Å². The Morgan fingerprint density at radius 1 is 1.20 bits per heavy atom. The van der Waals surface area contributed by atoms with E-state index in [2.05, 4.69) is 5.32 Å². The lowest BCUT2D eigenvalue weighted by atomic mass is 10.1. The van der Waals surface area contributed by atoms with Crippen molar-refractivity contribution in [1.82, 2.24) is 5.32 Å². The van der Waals surface area contributed by atoms with E-state index in [9.17, 15) is 17.6 Å². The number of alkyl halides is 4. The molecule has 1 nitrogen and oxygen atoms in total. The zero-order chi connectivity index (χ0) is 11.9. The molecule has 0 bridgehead atoms. The Morgan fingerprint density at radius 2 is 1.80 bits per heavy atom. The zero-order valence-corrected chi connectivity index (χ0v) is 9.20. The molecule has 0 fully saturated rings.